The van der Waals surface area contributed by atoms with Crippen LogP contribution in [0.1, 0.15) is 34.9 Å². The normalized spacial score (nSPS) is 15.5. The smallest absolute Gasteiger partial charge is 0.257 e. The third-order valence-electron chi connectivity index (χ3n) is 4.28. The maximum absolute atomic E-state index is 12.8. The molecule has 0 bridgehead atoms. The van der Waals surface area contributed by atoms with Gasteiger partial charge < -0.3 is 15.4 Å². The Morgan fingerprint density at radius 3 is 2.79 bits per heavy atom. The third-order valence-corrected chi connectivity index (χ3v) is 4.52. The van der Waals surface area contributed by atoms with Crippen LogP contribution in [0, 0.1) is 0 Å². The van der Waals surface area contributed by atoms with Crippen molar-refractivity contribution in [1.29, 1.82) is 0 Å². The van der Waals surface area contributed by atoms with Crippen molar-refractivity contribution >= 4 is 17.5 Å². The Morgan fingerprint density at radius 1 is 1.42 bits per heavy atom. The lowest BCUT2D eigenvalue weighted by Gasteiger charge is -2.32. The molecule has 2 N–H and O–H groups in total. The van der Waals surface area contributed by atoms with E-state index in [0.29, 0.717) is 36.0 Å². The van der Waals surface area contributed by atoms with E-state index in [9.17, 15) is 4.79 Å². The average Bonchev–Trinajstić information content (AvgIpc) is 3.10. The number of nitrogens with two attached hydrogens (primary N) is 1. The van der Waals surface area contributed by atoms with Crippen LogP contribution < -0.4 is 10.5 Å². The van der Waals surface area contributed by atoms with Gasteiger partial charge in [0.2, 0.25) is 0 Å². The number of methoxy groups -OCH3 is 1. The number of piperidine rings is 1. The summed E-state index contributed by atoms with van der Waals surface area (Å²) < 4.78 is 7.13. The highest BCUT2D eigenvalue weighted by Gasteiger charge is 2.27. The monoisotopic (exact) mass is 349 g/mol. The van der Waals surface area contributed by atoms with Crippen molar-refractivity contribution in [2.45, 2.75) is 25.4 Å². The van der Waals surface area contributed by atoms with Crippen LogP contribution in [0.25, 0.3) is 0 Å². The predicted molar refractivity (Wildman–Crippen MR) is 90.1 cm³/mol. The van der Waals surface area contributed by atoms with Gasteiger partial charge in [-0.15, -0.1) is 5.10 Å². The molecule has 0 saturated carbocycles. The fourth-order valence-electron chi connectivity index (χ4n) is 2.94. The summed E-state index contributed by atoms with van der Waals surface area (Å²) in [4.78, 5) is 14.6. The van der Waals surface area contributed by atoms with E-state index in [0.717, 1.165) is 18.5 Å². The summed E-state index contributed by atoms with van der Waals surface area (Å²) in [6, 6.07) is 5.32. The van der Waals surface area contributed by atoms with E-state index < -0.39 is 0 Å². The van der Waals surface area contributed by atoms with E-state index in [2.05, 4.69) is 10.3 Å². The second-order valence-electron chi connectivity index (χ2n) is 5.76. The molecule has 1 amide bonds. The van der Waals surface area contributed by atoms with Crippen LogP contribution in [-0.2, 0) is 6.54 Å². The van der Waals surface area contributed by atoms with Crippen molar-refractivity contribution in [3.8, 4) is 5.75 Å². The molecular weight excluding hydrogens is 330 g/mol. The molecule has 1 aliphatic rings. The zero-order valence-electron chi connectivity index (χ0n) is 13.5. The molecule has 8 heteroatoms. The molecule has 0 spiro atoms. The molecule has 128 valence electrons. The highest BCUT2D eigenvalue weighted by Crippen LogP contribution is 2.27. The Balaban J connectivity index is 1.68. The molecule has 1 aliphatic heterocycles. The van der Waals surface area contributed by atoms with Crippen LogP contribution in [0.3, 0.4) is 0 Å². The van der Waals surface area contributed by atoms with E-state index in [1.54, 1.807) is 25.3 Å². The van der Waals surface area contributed by atoms with Gasteiger partial charge >= 0.3 is 0 Å². The van der Waals surface area contributed by atoms with Crippen LogP contribution in [0.4, 0.5) is 0 Å². The topological polar surface area (TPSA) is 86.3 Å². The maximum Gasteiger partial charge on any atom is 0.257 e. The van der Waals surface area contributed by atoms with Gasteiger partial charge in [-0.1, -0.05) is 16.8 Å². The molecule has 1 saturated heterocycles. The molecular formula is C16H20ClN5O2. The molecule has 2 aromatic rings. The Morgan fingerprint density at radius 2 is 2.17 bits per heavy atom. The van der Waals surface area contributed by atoms with Crippen LogP contribution in [0.2, 0.25) is 5.02 Å². The molecule has 7 nitrogen and oxygen atoms in total. The number of ether oxygens (including phenoxy) is 1. The Hall–Kier alpha value is -2.12. The number of halogens is 1. The summed E-state index contributed by atoms with van der Waals surface area (Å²) in [6.07, 6.45) is 3.52. The van der Waals surface area contributed by atoms with E-state index in [1.165, 1.54) is 0 Å². The molecule has 0 atom stereocenters. The zero-order chi connectivity index (χ0) is 17.1. The van der Waals surface area contributed by atoms with Gasteiger partial charge in [0.25, 0.3) is 5.91 Å². The number of rotatable bonds is 4. The fourth-order valence-corrected chi connectivity index (χ4v) is 3.11. The van der Waals surface area contributed by atoms with Gasteiger partial charge in [0.1, 0.15) is 5.75 Å². The molecule has 1 fully saturated rings. The standard InChI is InChI=1S/C16H20ClN5O2/c1-24-15-3-2-11(17)8-14(15)16(23)21-6-4-13(5-7-21)22-10-12(9-18)19-20-22/h2-3,8,10,13H,4-7,9,18H2,1H3. The van der Waals surface area contributed by atoms with E-state index in [4.69, 9.17) is 22.1 Å². The minimum Gasteiger partial charge on any atom is -0.496 e. The second kappa shape index (κ2) is 7.19. The van der Waals surface area contributed by atoms with Crippen molar-refractivity contribution in [2.75, 3.05) is 20.2 Å². The molecule has 0 aliphatic carbocycles. The lowest BCUT2D eigenvalue weighted by molar-refractivity contribution is 0.0686. The van der Waals surface area contributed by atoms with Crippen molar-refractivity contribution in [1.82, 2.24) is 19.9 Å². The Kier molecular flexibility index (Phi) is 5.01. The summed E-state index contributed by atoms with van der Waals surface area (Å²) in [5.74, 6) is 0.476. The van der Waals surface area contributed by atoms with Gasteiger partial charge in [0.05, 0.1) is 30.6 Å². The first-order valence-corrected chi connectivity index (χ1v) is 8.23. The minimum atomic E-state index is -0.0611. The number of hydrogen-bond acceptors (Lipinski definition) is 5. The van der Waals surface area contributed by atoms with Gasteiger partial charge in [-0.25, -0.2) is 4.68 Å². The maximum atomic E-state index is 12.8. The van der Waals surface area contributed by atoms with Gasteiger partial charge in [0.15, 0.2) is 0 Å². The van der Waals surface area contributed by atoms with Gasteiger partial charge in [-0.05, 0) is 31.0 Å². The molecule has 0 unspecified atom stereocenters. The van der Waals surface area contributed by atoms with Crippen LogP contribution in [-0.4, -0.2) is 46.0 Å². The Labute approximate surface area is 145 Å². The first-order valence-electron chi connectivity index (χ1n) is 7.86. The summed E-state index contributed by atoms with van der Waals surface area (Å²) in [5.41, 5.74) is 6.84. The van der Waals surface area contributed by atoms with Crippen molar-refractivity contribution < 1.29 is 9.53 Å². The third kappa shape index (κ3) is 3.37. The first kappa shape index (κ1) is 16.7. The SMILES string of the molecule is COc1ccc(Cl)cc1C(=O)N1CCC(n2cc(CN)nn2)CC1. The van der Waals surface area contributed by atoms with E-state index in [-0.39, 0.29) is 11.9 Å². The first-order chi connectivity index (χ1) is 11.6. The zero-order valence-corrected chi connectivity index (χ0v) is 14.2. The molecule has 24 heavy (non-hydrogen) atoms. The van der Waals surface area contributed by atoms with Crippen molar-refractivity contribution in [2.24, 2.45) is 5.73 Å². The number of likely N-dealkylation sites (tertiary alicyclic amines) is 1. The lowest BCUT2D eigenvalue weighted by atomic mass is 10.0. The van der Waals surface area contributed by atoms with Crippen LogP contribution >= 0.6 is 11.6 Å². The molecule has 2 heterocycles. The number of amides is 1. The largest absolute Gasteiger partial charge is 0.496 e. The molecule has 1 aromatic heterocycles. The summed E-state index contributed by atoms with van der Waals surface area (Å²) >= 11 is 6.02. The van der Waals surface area contributed by atoms with Gasteiger partial charge in [0, 0.05) is 24.7 Å². The highest BCUT2D eigenvalue weighted by atomic mass is 35.5. The minimum absolute atomic E-state index is 0.0611. The number of benzene rings is 1. The van der Waals surface area contributed by atoms with Crippen molar-refractivity contribution in [3.63, 3.8) is 0 Å². The summed E-state index contributed by atoms with van der Waals surface area (Å²) in [5, 5.41) is 8.66. The highest BCUT2D eigenvalue weighted by molar-refractivity contribution is 6.31. The van der Waals surface area contributed by atoms with E-state index in [1.807, 2.05) is 15.8 Å². The summed E-state index contributed by atoms with van der Waals surface area (Å²) in [6.45, 7) is 1.68. The molecule has 3 rings (SSSR count). The molecule has 1 aromatic carbocycles. The number of carbonyl (C=O) groups is 1. The van der Waals surface area contributed by atoms with Gasteiger partial charge in [-0.3, -0.25) is 4.79 Å². The molecule has 0 radical (unpaired) electrons. The average molecular weight is 350 g/mol. The second-order valence-corrected chi connectivity index (χ2v) is 6.20. The van der Waals surface area contributed by atoms with Crippen LogP contribution in [0.15, 0.2) is 24.4 Å². The number of aromatic nitrogens is 3. The Bertz CT molecular complexity index is 725. The number of nitrogens with zero attached hydrogens (tertiary/aromatic N) is 4. The number of hydrogen-bond donors (Lipinski definition) is 1. The van der Waals surface area contributed by atoms with Gasteiger partial charge in [-0.2, -0.15) is 0 Å². The van der Waals surface area contributed by atoms with Crippen LogP contribution in [0.5, 0.6) is 5.75 Å². The summed E-state index contributed by atoms with van der Waals surface area (Å²) in [7, 11) is 1.55. The quantitative estimate of drug-likeness (QED) is 0.910. The van der Waals surface area contributed by atoms with Crippen molar-refractivity contribution in [3.05, 3.63) is 40.7 Å². The predicted octanol–water partition coefficient (Wildman–Crippen LogP) is 1.88. The lowest BCUT2D eigenvalue weighted by Crippen LogP contribution is -2.39. The number of carbonyl (C=O) groups excluding carboxylic acids is 1. The van der Waals surface area contributed by atoms with E-state index >= 15 is 0 Å². The fraction of sp³-hybridized carbons (Fsp3) is 0.438.